The summed E-state index contributed by atoms with van der Waals surface area (Å²) in [6.45, 7) is 9.90. The molecular weight excluding hydrogens is 400 g/mol. The molecule has 0 bridgehead atoms. The predicted molar refractivity (Wildman–Crippen MR) is 108 cm³/mol. The molecule has 31 heavy (non-hydrogen) atoms. The van der Waals surface area contributed by atoms with E-state index in [0.717, 1.165) is 19.3 Å². The van der Waals surface area contributed by atoms with Gasteiger partial charge in [-0.15, -0.1) is 0 Å². The number of carbonyl (C=O) groups is 3. The summed E-state index contributed by atoms with van der Waals surface area (Å²) in [4.78, 5) is 36.4. The molecule has 0 aromatic carbocycles. The summed E-state index contributed by atoms with van der Waals surface area (Å²) in [5.41, 5.74) is -0.937. The van der Waals surface area contributed by atoms with E-state index in [4.69, 9.17) is 18.9 Å². The van der Waals surface area contributed by atoms with Gasteiger partial charge in [-0.1, -0.05) is 27.2 Å². The Bertz CT molecular complexity index is 836. The molecule has 0 unspecified atom stereocenters. The van der Waals surface area contributed by atoms with Crippen molar-refractivity contribution in [1.29, 1.82) is 0 Å². The van der Waals surface area contributed by atoms with Gasteiger partial charge in [0.2, 0.25) is 12.6 Å². The van der Waals surface area contributed by atoms with Gasteiger partial charge in [0.05, 0.1) is 12.3 Å². The fraction of sp³-hybridized carbons (Fsp3) is 0.875. The quantitative estimate of drug-likeness (QED) is 0.494. The van der Waals surface area contributed by atoms with Crippen LogP contribution in [0.1, 0.15) is 79.6 Å². The van der Waals surface area contributed by atoms with Gasteiger partial charge in [0.1, 0.15) is 0 Å². The lowest BCUT2D eigenvalue weighted by atomic mass is 9.49. The average Bonchev–Trinajstić information content (AvgIpc) is 3.20. The van der Waals surface area contributed by atoms with Crippen LogP contribution in [0.25, 0.3) is 0 Å². The molecule has 7 heteroatoms. The van der Waals surface area contributed by atoms with E-state index in [2.05, 4.69) is 20.8 Å². The minimum absolute atomic E-state index is 0.0558. The highest BCUT2D eigenvalue weighted by Gasteiger charge is 2.80. The maximum atomic E-state index is 12.3. The maximum absolute atomic E-state index is 12.3. The van der Waals surface area contributed by atoms with E-state index < -0.39 is 42.0 Å². The number of hydrogen-bond acceptors (Lipinski definition) is 7. The lowest BCUT2D eigenvalue weighted by Crippen LogP contribution is -2.54. The molecule has 0 aromatic heterocycles. The Hall–Kier alpha value is -1.63. The standard InChI is InChI=1S/C24H34O7/c1-13(25)28-19-18(24(31-14(2)26)12-17(27)29-20(24)30-19)23-10-7-15-21(3,4)8-6-9-22(15,5)16(23)11-23/h15-16,18-20H,6-12H2,1-5H3/t15-,16+,18-,19+,20-,22-,23-,24-/m0/s1. The van der Waals surface area contributed by atoms with Crippen molar-refractivity contribution in [1.82, 2.24) is 0 Å². The normalized spacial score (nSPS) is 49.3. The van der Waals surface area contributed by atoms with Crippen LogP contribution in [0.3, 0.4) is 0 Å². The number of rotatable bonds is 3. The summed E-state index contributed by atoms with van der Waals surface area (Å²) in [5.74, 6) is -0.723. The second kappa shape index (κ2) is 6.46. The minimum Gasteiger partial charge on any atom is -0.451 e. The van der Waals surface area contributed by atoms with Gasteiger partial charge in [0, 0.05) is 13.8 Å². The maximum Gasteiger partial charge on any atom is 0.312 e. The van der Waals surface area contributed by atoms with Gasteiger partial charge in [-0.05, 0) is 60.2 Å². The second-order valence-corrected chi connectivity index (χ2v) is 11.6. The van der Waals surface area contributed by atoms with Crippen molar-refractivity contribution in [2.45, 2.75) is 97.7 Å². The van der Waals surface area contributed by atoms with Gasteiger partial charge in [-0.25, -0.2) is 0 Å². The molecule has 2 saturated heterocycles. The first-order valence-corrected chi connectivity index (χ1v) is 11.7. The van der Waals surface area contributed by atoms with E-state index >= 15 is 0 Å². The molecule has 0 spiro atoms. The fourth-order valence-electron chi connectivity index (χ4n) is 8.54. The Kier molecular flexibility index (Phi) is 4.42. The number of esters is 3. The largest absolute Gasteiger partial charge is 0.451 e. The van der Waals surface area contributed by atoms with Crippen LogP contribution in [-0.2, 0) is 33.3 Å². The molecule has 7 nitrogen and oxygen atoms in total. The smallest absolute Gasteiger partial charge is 0.312 e. The van der Waals surface area contributed by atoms with Crippen LogP contribution >= 0.6 is 0 Å². The highest BCUT2D eigenvalue weighted by Crippen LogP contribution is 2.79. The first kappa shape index (κ1) is 21.2. The molecule has 5 aliphatic rings. The van der Waals surface area contributed by atoms with Crippen LogP contribution in [0, 0.1) is 34.0 Å². The average molecular weight is 435 g/mol. The first-order valence-electron chi connectivity index (χ1n) is 11.7. The van der Waals surface area contributed by atoms with Crippen LogP contribution in [-0.4, -0.2) is 36.1 Å². The molecule has 3 saturated carbocycles. The summed E-state index contributed by atoms with van der Waals surface area (Å²) in [7, 11) is 0. The van der Waals surface area contributed by atoms with Crippen molar-refractivity contribution in [3.8, 4) is 0 Å². The summed E-state index contributed by atoms with van der Waals surface area (Å²) in [5, 5.41) is 0. The third-order valence-corrected chi connectivity index (χ3v) is 9.44. The van der Waals surface area contributed by atoms with Crippen molar-refractivity contribution < 1.29 is 33.3 Å². The number of hydrogen-bond donors (Lipinski definition) is 0. The van der Waals surface area contributed by atoms with Crippen LogP contribution in [0.15, 0.2) is 0 Å². The van der Waals surface area contributed by atoms with Crippen molar-refractivity contribution in [3.05, 3.63) is 0 Å². The van der Waals surface area contributed by atoms with E-state index in [0.29, 0.717) is 17.3 Å². The van der Waals surface area contributed by atoms with Crippen molar-refractivity contribution >= 4 is 17.9 Å². The van der Waals surface area contributed by atoms with Crippen molar-refractivity contribution in [3.63, 3.8) is 0 Å². The monoisotopic (exact) mass is 434 g/mol. The van der Waals surface area contributed by atoms with Crippen LogP contribution in [0.2, 0.25) is 0 Å². The summed E-state index contributed by atoms with van der Waals surface area (Å²) in [6.07, 6.45) is 4.69. The molecule has 2 aliphatic heterocycles. The minimum atomic E-state index is -1.23. The third-order valence-electron chi connectivity index (χ3n) is 9.44. The first-order chi connectivity index (χ1) is 14.4. The van der Waals surface area contributed by atoms with Crippen LogP contribution in [0.5, 0.6) is 0 Å². The van der Waals surface area contributed by atoms with Crippen LogP contribution < -0.4 is 0 Å². The van der Waals surface area contributed by atoms with Gasteiger partial charge >= 0.3 is 17.9 Å². The van der Waals surface area contributed by atoms with E-state index in [1.807, 2.05) is 0 Å². The summed E-state index contributed by atoms with van der Waals surface area (Å²) >= 11 is 0. The Labute approximate surface area is 183 Å². The highest BCUT2D eigenvalue weighted by atomic mass is 16.8. The van der Waals surface area contributed by atoms with Crippen molar-refractivity contribution in [2.75, 3.05) is 0 Å². The topological polar surface area (TPSA) is 88.1 Å². The SMILES string of the molecule is CC(=O)O[C@@H]1O[C@@H]2OC(=O)C[C@]2(OC(C)=O)[C@@H]1[C@]12CC[C@H]3C(C)(C)CCC[C@]3(C)[C@H]1C2. The molecule has 5 fully saturated rings. The lowest BCUT2D eigenvalue weighted by Gasteiger charge is -2.56. The number of fused-ring (bicyclic) bond motifs is 4. The van der Waals surface area contributed by atoms with E-state index in [1.165, 1.54) is 33.1 Å². The molecule has 0 amide bonds. The molecule has 8 atom stereocenters. The van der Waals surface area contributed by atoms with Gasteiger partial charge in [0.15, 0.2) is 5.60 Å². The Morgan fingerprint density at radius 1 is 1.03 bits per heavy atom. The van der Waals surface area contributed by atoms with Gasteiger partial charge in [-0.2, -0.15) is 0 Å². The molecule has 0 N–H and O–H groups in total. The predicted octanol–water partition coefficient (Wildman–Crippen LogP) is 3.73. The molecule has 3 aliphatic carbocycles. The van der Waals surface area contributed by atoms with Crippen LogP contribution in [0.4, 0.5) is 0 Å². The van der Waals surface area contributed by atoms with Gasteiger partial charge in [0.25, 0.3) is 0 Å². The molecule has 172 valence electrons. The van der Waals surface area contributed by atoms with Gasteiger partial charge in [-0.3, -0.25) is 19.1 Å². The Morgan fingerprint density at radius 3 is 2.45 bits per heavy atom. The number of carbonyl (C=O) groups excluding carboxylic acids is 3. The van der Waals surface area contributed by atoms with E-state index in [9.17, 15) is 14.4 Å². The third kappa shape index (κ3) is 2.84. The highest BCUT2D eigenvalue weighted by molar-refractivity contribution is 5.76. The van der Waals surface area contributed by atoms with E-state index in [1.54, 1.807) is 0 Å². The second-order valence-electron chi connectivity index (χ2n) is 11.6. The fourth-order valence-corrected chi connectivity index (χ4v) is 8.54. The van der Waals surface area contributed by atoms with E-state index in [-0.39, 0.29) is 17.3 Å². The Balaban J connectivity index is 1.56. The Morgan fingerprint density at radius 2 is 1.77 bits per heavy atom. The molecule has 0 aromatic rings. The summed E-state index contributed by atoms with van der Waals surface area (Å²) < 4.78 is 22.9. The zero-order valence-electron chi connectivity index (χ0n) is 19.2. The molecule has 2 heterocycles. The lowest BCUT2D eigenvalue weighted by molar-refractivity contribution is -0.216. The molecule has 0 radical (unpaired) electrons. The molecular formula is C24H34O7. The van der Waals surface area contributed by atoms with Crippen molar-refractivity contribution in [2.24, 2.45) is 34.0 Å². The zero-order chi connectivity index (χ0) is 22.4. The van der Waals surface area contributed by atoms with Gasteiger partial charge < -0.3 is 14.2 Å². The summed E-state index contributed by atoms with van der Waals surface area (Å²) in [6, 6.07) is 0. The molecule has 5 rings (SSSR count). The number of ether oxygens (including phenoxy) is 4. The zero-order valence-corrected chi connectivity index (χ0v) is 19.2.